The molecule has 1 aromatic heterocycles. The lowest BCUT2D eigenvalue weighted by molar-refractivity contribution is -0.150. The molecule has 0 spiro atoms. The van der Waals surface area contributed by atoms with E-state index in [1.807, 2.05) is 43.3 Å². The smallest absolute Gasteiger partial charge is 0.352 e. The van der Waals surface area contributed by atoms with Gasteiger partial charge in [0.2, 0.25) is 5.91 Å². The Morgan fingerprint density at radius 3 is 2.73 bits per heavy atom. The van der Waals surface area contributed by atoms with Crippen molar-refractivity contribution in [2.75, 3.05) is 5.75 Å². The second-order valence-electron chi connectivity index (χ2n) is 6.93. The van der Waals surface area contributed by atoms with Crippen LogP contribution in [0.2, 0.25) is 0 Å². The van der Waals surface area contributed by atoms with E-state index in [1.54, 1.807) is 11.6 Å². The van der Waals surface area contributed by atoms with Gasteiger partial charge in [0, 0.05) is 10.6 Å². The number of carbonyl (C=O) groups excluding carboxylic acids is 2. The molecule has 1 saturated heterocycles. The minimum Gasteiger partial charge on any atom is -0.477 e. The largest absolute Gasteiger partial charge is 0.477 e. The number of thioether (sulfide) groups is 1. The van der Waals surface area contributed by atoms with E-state index in [4.69, 9.17) is 0 Å². The molecule has 0 aliphatic carbocycles. The third-order valence-corrected chi connectivity index (χ3v) is 7.14. The third-order valence-electron chi connectivity index (χ3n) is 4.94. The Bertz CT molecular complexity index is 1060. The minimum absolute atomic E-state index is 0.0178. The van der Waals surface area contributed by atoms with Gasteiger partial charge in [-0.3, -0.25) is 14.5 Å². The second-order valence-corrected chi connectivity index (χ2v) is 8.92. The quantitative estimate of drug-likeness (QED) is 0.668. The van der Waals surface area contributed by atoms with E-state index in [0.29, 0.717) is 11.3 Å². The number of benzene rings is 1. The average Bonchev–Trinajstić information content (AvgIpc) is 3.15. The number of carbonyl (C=O) groups is 3. The molecule has 9 heteroatoms. The number of carboxylic acids is 1. The highest BCUT2D eigenvalue weighted by Crippen LogP contribution is 2.40. The van der Waals surface area contributed by atoms with Gasteiger partial charge < -0.3 is 10.4 Å². The summed E-state index contributed by atoms with van der Waals surface area (Å²) in [6, 6.07) is 8.55. The summed E-state index contributed by atoms with van der Waals surface area (Å²) in [6.45, 7) is 1.88. The molecule has 0 bridgehead atoms. The molecule has 2 atom stereocenters. The van der Waals surface area contributed by atoms with Crippen LogP contribution >= 0.6 is 23.1 Å². The van der Waals surface area contributed by atoms with Gasteiger partial charge in [-0.1, -0.05) is 36.4 Å². The number of hydrogen-bond acceptors (Lipinski definition) is 6. The Balaban J connectivity index is 1.49. The van der Waals surface area contributed by atoms with Crippen molar-refractivity contribution in [3.8, 4) is 0 Å². The van der Waals surface area contributed by atoms with Crippen LogP contribution in [-0.2, 0) is 20.8 Å². The number of nitrogens with one attached hydrogen (secondary N) is 1. The molecule has 2 aliphatic rings. The molecule has 2 aliphatic heterocycles. The molecule has 30 heavy (non-hydrogen) atoms. The third kappa shape index (κ3) is 3.90. The Hall–Kier alpha value is -2.91. The van der Waals surface area contributed by atoms with Crippen LogP contribution < -0.4 is 5.32 Å². The van der Waals surface area contributed by atoms with Crippen LogP contribution in [0.25, 0.3) is 6.08 Å². The molecule has 0 saturated carbocycles. The molecule has 2 amide bonds. The van der Waals surface area contributed by atoms with E-state index in [9.17, 15) is 19.5 Å². The fourth-order valence-corrected chi connectivity index (χ4v) is 5.44. The van der Waals surface area contributed by atoms with Gasteiger partial charge in [-0.05, 0) is 24.1 Å². The monoisotopic (exact) mass is 441 g/mol. The Morgan fingerprint density at radius 2 is 2.07 bits per heavy atom. The van der Waals surface area contributed by atoms with Crippen LogP contribution in [0, 0.1) is 6.92 Å². The Morgan fingerprint density at radius 1 is 1.30 bits per heavy atom. The molecule has 4 rings (SSSR count). The number of carboxylic acid groups (broad SMARTS) is 1. The Labute approximate surface area is 181 Å². The summed E-state index contributed by atoms with van der Waals surface area (Å²) in [5.74, 6) is -1.36. The van der Waals surface area contributed by atoms with Gasteiger partial charge in [-0.15, -0.1) is 23.1 Å². The van der Waals surface area contributed by atoms with Crippen molar-refractivity contribution in [1.82, 2.24) is 15.2 Å². The van der Waals surface area contributed by atoms with E-state index in [2.05, 4.69) is 10.3 Å². The summed E-state index contributed by atoms with van der Waals surface area (Å²) in [4.78, 5) is 43.4. The Kier molecular flexibility index (Phi) is 5.74. The van der Waals surface area contributed by atoms with Crippen LogP contribution in [0.1, 0.15) is 16.1 Å². The highest BCUT2D eigenvalue weighted by Gasteiger charge is 2.53. The fraction of sp³-hybridized carbons (Fsp3) is 0.238. The SMILES string of the molecule is Cc1ncsc1/C=C\C1=C(C(=O)O)N2C(=O)[C@@H](NC(=O)Cc3ccccc3)[C@H]2SC1. The molecule has 0 unspecified atom stereocenters. The first kappa shape index (κ1) is 20.4. The van der Waals surface area contributed by atoms with Crippen molar-refractivity contribution in [2.24, 2.45) is 0 Å². The standard InChI is InChI=1S/C21H19N3O4S2/c1-12-15(30-11-22-12)8-7-14-10-29-20-17(19(26)24(20)18(14)21(27)28)23-16(25)9-13-5-3-2-4-6-13/h2-8,11,17,20H,9-10H2,1H3,(H,23,25)(H,27,28)/b8-7-/t17-,20-/m1/s1. The minimum atomic E-state index is -1.15. The van der Waals surface area contributed by atoms with E-state index in [-0.39, 0.29) is 18.0 Å². The van der Waals surface area contributed by atoms with Crippen LogP contribution in [0.5, 0.6) is 0 Å². The zero-order valence-electron chi connectivity index (χ0n) is 16.1. The maximum absolute atomic E-state index is 12.7. The summed E-state index contributed by atoms with van der Waals surface area (Å²) >= 11 is 2.92. The van der Waals surface area contributed by atoms with Gasteiger partial charge in [0.05, 0.1) is 17.6 Å². The molecule has 1 fully saturated rings. The van der Waals surface area contributed by atoms with Crippen molar-refractivity contribution in [3.05, 3.63) is 69.3 Å². The molecule has 2 aromatic rings. The lowest BCUT2D eigenvalue weighted by atomic mass is 10.0. The summed E-state index contributed by atoms with van der Waals surface area (Å²) in [5.41, 5.74) is 4.01. The van der Waals surface area contributed by atoms with E-state index in [1.165, 1.54) is 28.0 Å². The number of β-lactam (4-membered cyclic amide) rings is 1. The zero-order chi connectivity index (χ0) is 21.3. The van der Waals surface area contributed by atoms with Crippen molar-refractivity contribution in [3.63, 3.8) is 0 Å². The van der Waals surface area contributed by atoms with E-state index >= 15 is 0 Å². The average molecular weight is 442 g/mol. The number of allylic oxidation sites excluding steroid dienone is 1. The summed E-state index contributed by atoms with van der Waals surface area (Å²) in [6.07, 6.45) is 3.74. The fourth-order valence-electron chi connectivity index (χ4n) is 3.42. The zero-order valence-corrected chi connectivity index (χ0v) is 17.7. The van der Waals surface area contributed by atoms with E-state index < -0.39 is 23.3 Å². The number of thiazole rings is 1. The first-order chi connectivity index (χ1) is 14.5. The molecule has 0 radical (unpaired) electrons. The number of amides is 2. The van der Waals surface area contributed by atoms with Crippen molar-refractivity contribution in [1.29, 1.82) is 0 Å². The van der Waals surface area contributed by atoms with Crippen molar-refractivity contribution in [2.45, 2.75) is 24.8 Å². The molecule has 3 heterocycles. The van der Waals surface area contributed by atoms with Gasteiger partial charge in [0.1, 0.15) is 17.1 Å². The maximum atomic E-state index is 12.7. The summed E-state index contributed by atoms with van der Waals surface area (Å²) < 4.78 is 0. The van der Waals surface area contributed by atoms with Crippen molar-refractivity contribution < 1.29 is 19.5 Å². The highest BCUT2D eigenvalue weighted by molar-refractivity contribution is 8.00. The number of hydrogen-bond donors (Lipinski definition) is 2. The van der Waals surface area contributed by atoms with Crippen LogP contribution in [0.3, 0.4) is 0 Å². The summed E-state index contributed by atoms with van der Waals surface area (Å²) in [5, 5.41) is 12.1. The predicted octanol–water partition coefficient (Wildman–Crippen LogP) is 2.45. The van der Waals surface area contributed by atoms with E-state index in [0.717, 1.165) is 16.1 Å². The number of nitrogens with zero attached hydrogens (tertiary/aromatic N) is 2. The molecule has 1 aromatic carbocycles. The van der Waals surface area contributed by atoms with Gasteiger partial charge >= 0.3 is 5.97 Å². The normalized spacial score (nSPS) is 20.8. The lowest BCUT2D eigenvalue weighted by Gasteiger charge is -2.49. The van der Waals surface area contributed by atoms with Crippen molar-refractivity contribution >= 4 is 47.0 Å². The first-order valence-corrected chi connectivity index (χ1v) is 11.2. The van der Waals surface area contributed by atoms with Crippen LogP contribution in [0.15, 0.2) is 53.2 Å². The van der Waals surface area contributed by atoms with Gasteiger partial charge in [0.15, 0.2) is 0 Å². The van der Waals surface area contributed by atoms with Crippen LogP contribution in [-0.4, -0.2) is 49.9 Å². The predicted molar refractivity (Wildman–Crippen MR) is 116 cm³/mol. The summed E-state index contributed by atoms with van der Waals surface area (Å²) in [7, 11) is 0. The highest BCUT2D eigenvalue weighted by atomic mass is 32.2. The molecule has 154 valence electrons. The van der Waals surface area contributed by atoms with Crippen LogP contribution in [0.4, 0.5) is 0 Å². The number of rotatable bonds is 6. The molecule has 7 nitrogen and oxygen atoms in total. The molecule has 2 N–H and O–H groups in total. The number of aryl methyl sites for hydroxylation is 1. The number of aliphatic carboxylic acids is 1. The molecular weight excluding hydrogens is 422 g/mol. The first-order valence-electron chi connectivity index (χ1n) is 9.28. The number of aromatic nitrogens is 1. The lowest BCUT2D eigenvalue weighted by Crippen LogP contribution is -2.70. The number of fused-ring (bicyclic) bond motifs is 1. The topological polar surface area (TPSA) is 99.6 Å². The maximum Gasteiger partial charge on any atom is 0.352 e. The van der Waals surface area contributed by atoms with Gasteiger partial charge in [-0.2, -0.15) is 0 Å². The van der Waals surface area contributed by atoms with Gasteiger partial charge in [-0.25, -0.2) is 9.78 Å². The second kappa shape index (κ2) is 8.45. The molecular formula is C21H19N3O4S2. The van der Waals surface area contributed by atoms with Gasteiger partial charge in [0.25, 0.3) is 5.91 Å².